The van der Waals surface area contributed by atoms with E-state index in [1.54, 1.807) is 11.9 Å². The Morgan fingerprint density at radius 3 is 2.53 bits per heavy atom. The van der Waals surface area contributed by atoms with Gasteiger partial charge in [-0.2, -0.15) is 0 Å². The zero-order valence-electron chi connectivity index (χ0n) is 21.9. The predicted octanol–water partition coefficient (Wildman–Crippen LogP) is 3.18. The third kappa shape index (κ3) is 6.38. The van der Waals surface area contributed by atoms with E-state index in [1.165, 1.54) is 16.6 Å². The number of carboxylic acid groups (broad SMARTS) is 1. The minimum absolute atomic E-state index is 0.140. The van der Waals surface area contributed by atoms with E-state index in [-0.39, 0.29) is 44.0 Å². The number of alkyl halides is 4. The van der Waals surface area contributed by atoms with Crippen LogP contribution in [0.1, 0.15) is 69.3 Å². The summed E-state index contributed by atoms with van der Waals surface area (Å²) >= 11 is 0. The van der Waals surface area contributed by atoms with E-state index in [4.69, 9.17) is 9.84 Å². The molecule has 0 radical (unpaired) electrons. The molecular weight excluding hydrogens is 512 g/mol. The normalized spacial score (nSPS) is 29.4. The molecule has 0 aromatic carbocycles. The van der Waals surface area contributed by atoms with E-state index in [1.807, 2.05) is 6.92 Å². The van der Waals surface area contributed by atoms with Crippen LogP contribution in [-0.2, 0) is 23.2 Å². The lowest BCUT2D eigenvalue weighted by atomic mass is 9.85. The number of carbonyl (C=O) groups is 2. The molecule has 10 nitrogen and oxygen atoms in total. The molecule has 38 heavy (non-hydrogen) atoms. The Morgan fingerprint density at radius 1 is 1.18 bits per heavy atom. The van der Waals surface area contributed by atoms with E-state index in [9.17, 15) is 27.2 Å². The summed E-state index contributed by atoms with van der Waals surface area (Å²) in [4.78, 5) is 26.5. The lowest BCUT2D eigenvalue weighted by molar-refractivity contribution is -0.142. The van der Waals surface area contributed by atoms with Gasteiger partial charge in [0.25, 0.3) is 11.8 Å². The summed E-state index contributed by atoms with van der Waals surface area (Å²) in [5, 5.41) is 21.0. The predicted molar refractivity (Wildman–Crippen MR) is 127 cm³/mol. The number of carboxylic acids is 1. The Kier molecular flexibility index (Phi) is 8.22. The topological polar surface area (TPSA) is 113 Å². The van der Waals surface area contributed by atoms with Crippen molar-refractivity contribution in [3.63, 3.8) is 0 Å². The van der Waals surface area contributed by atoms with Crippen LogP contribution >= 0.6 is 0 Å². The summed E-state index contributed by atoms with van der Waals surface area (Å²) in [7, 11) is 3.10. The number of halogens is 4. The minimum atomic E-state index is -2.95. The summed E-state index contributed by atoms with van der Waals surface area (Å²) in [6, 6.07) is -1.15. The number of nitrogens with zero attached hydrogens (tertiary/aromatic N) is 5. The maximum atomic E-state index is 14.5. The van der Waals surface area contributed by atoms with Gasteiger partial charge in [0.1, 0.15) is 18.0 Å². The highest BCUT2D eigenvalue weighted by Crippen LogP contribution is 2.40. The second-order valence-electron chi connectivity index (χ2n) is 11.0. The lowest BCUT2D eigenvalue weighted by Crippen LogP contribution is -2.59. The number of hydrogen-bond acceptors (Lipinski definition) is 7. The summed E-state index contributed by atoms with van der Waals surface area (Å²) in [5.74, 6) is -7.39. The average Bonchev–Trinajstić information content (AvgIpc) is 3.18. The first kappa shape index (κ1) is 28.5. The molecule has 4 rings (SSSR count). The quantitative estimate of drug-likeness (QED) is 0.477. The van der Waals surface area contributed by atoms with Crippen molar-refractivity contribution in [2.75, 3.05) is 20.1 Å². The standard InChI is InChI=1S/C24H36F4N6O4/c1-4-16-18(34-11-14(7-20(35)36)8-24(27,28)13-34)6-5-17(29-16)21-19(33(3)31-30-21)12-38-22(37)32(2)15-9-23(25,26)10-15/h14-18,29H,4-13H2,1-3H3,(H,35,36)/t14-,16?,17?,18?/m1/s1. The number of aryl methyl sites for hydroxylation is 1. The van der Waals surface area contributed by atoms with Crippen molar-refractivity contribution >= 4 is 12.1 Å². The highest BCUT2D eigenvalue weighted by atomic mass is 19.3. The molecule has 0 spiro atoms. The molecule has 214 valence electrons. The fourth-order valence-corrected chi connectivity index (χ4v) is 6.03. The van der Waals surface area contributed by atoms with Gasteiger partial charge in [0.15, 0.2) is 0 Å². The van der Waals surface area contributed by atoms with Gasteiger partial charge in [0.2, 0.25) is 0 Å². The molecule has 4 atom stereocenters. The Labute approximate surface area is 218 Å². The second-order valence-corrected chi connectivity index (χ2v) is 11.0. The van der Waals surface area contributed by atoms with Crippen molar-refractivity contribution in [1.29, 1.82) is 0 Å². The third-order valence-electron chi connectivity index (χ3n) is 8.06. The number of piperidine rings is 2. The number of likely N-dealkylation sites (tertiary alicyclic amines) is 1. The van der Waals surface area contributed by atoms with E-state index < -0.39 is 48.8 Å². The van der Waals surface area contributed by atoms with E-state index in [0.717, 1.165) is 0 Å². The average molecular weight is 549 g/mol. The number of ether oxygens (including phenoxy) is 1. The van der Waals surface area contributed by atoms with Gasteiger partial charge in [-0.15, -0.1) is 5.10 Å². The molecule has 3 unspecified atom stereocenters. The fraction of sp³-hybridized carbons (Fsp3) is 0.833. The number of aliphatic carboxylic acids is 1. The Morgan fingerprint density at radius 2 is 1.89 bits per heavy atom. The summed E-state index contributed by atoms with van der Waals surface area (Å²) in [6.07, 6.45) is -0.354. The summed E-state index contributed by atoms with van der Waals surface area (Å²) in [6.45, 7) is 1.73. The van der Waals surface area contributed by atoms with Gasteiger partial charge in [0, 0.05) is 64.4 Å². The Balaban J connectivity index is 1.39. The molecule has 1 aromatic heterocycles. The molecule has 0 bridgehead atoms. The van der Waals surface area contributed by atoms with Crippen molar-refractivity contribution in [2.45, 2.75) is 94.5 Å². The van der Waals surface area contributed by atoms with Gasteiger partial charge in [0.05, 0.1) is 12.6 Å². The number of nitrogens with one attached hydrogen (secondary N) is 1. The molecule has 2 N–H and O–H groups in total. The van der Waals surface area contributed by atoms with Crippen molar-refractivity contribution < 1.29 is 37.0 Å². The van der Waals surface area contributed by atoms with Gasteiger partial charge in [-0.3, -0.25) is 9.69 Å². The van der Waals surface area contributed by atoms with E-state index >= 15 is 0 Å². The largest absolute Gasteiger partial charge is 0.481 e. The Bertz CT molecular complexity index is 1020. The molecule has 3 fully saturated rings. The summed E-state index contributed by atoms with van der Waals surface area (Å²) in [5.41, 5.74) is 1.14. The molecule has 1 amide bonds. The molecular formula is C24H36F4N6O4. The fourth-order valence-electron chi connectivity index (χ4n) is 6.03. The Hall–Kier alpha value is -2.48. The van der Waals surface area contributed by atoms with Gasteiger partial charge < -0.3 is 20.1 Å². The van der Waals surface area contributed by atoms with Crippen LogP contribution < -0.4 is 5.32 Å². The van der Waals surface area contributed by atoms with Crippen LogP contribution in [0.4, 0.5) is 22.4 Å². The SMILES string of the molecule is CCC1NC(c2nnn(C)c2COC(=O)N(C)C2CC(F)(F)C2)CCC1N1C[C@H](CC(=O)O)CC(F)(F)C1. The summed E-state index contributed by atoms with van der Waals surface area (Å²) < 4.78 is 62.3. The molecule has 1 aliphatic carbocycles. The van der Waals surface area contributed by atoms with Gasteiger partial charge >= 0.3 is 12.1 Å². The molecule has 3 aliphatic rings. The van der Waals surface area contributed by atoms with Crippen molar-refractivity contribution in [2.24, 2.45) is 13.0 Å². The zero-order valence-corrected chi connectivity index (χ0v) is 21.9. The zero-order chi connectivity index (χ0) is 27.8. The van der Waals surface area contributed by atoms with Crippen molar-refractivity contribution in [1.82, 2.24) is 30.1 Å². The van der Waals surface area contributed by atoms with Crippen LogP contribution in [0.3, 0.4) is 0 Å². The lowest BCUT2D eigenvalue weighted by Gasteiger charge is -2.47. The van der Waals surface area contributed by atoms with Crippen LogP contribution in [-0.4, -0.2) is 92.1 Å². The van der Waals surface area contributed by atoms with Crippen LogP contribution in [0.15, 0.2) is 0 Å². The molecule has 3 heterocycles. The van der Waals surface area contributed by atoms with Gasteiger partial charge in [-0.05, 0) is 25.2 Å². The van der Waals surface area contributed by atoms with Gasteiger partial charge in [-0.1, -0.05) is 12.1 Å². The number of carbonyl (C=O) groups excluding carboxylic acids is 1. The van der Waals surface area contributed by atoms with Gasteiger partial charge in [-0.25, -0.2) is 27.0 Å². The van der Waals surface area contributed by atoms with E-state index in [2.05, 4.69) is 15.6 Å². The van der Waals surface area contributed by atoms with Crippen LogP contribution in [0.25, 0.3) is 0 Å². The number of amides is 1. The van der Waals surface area contributed by atoms with Crippen molar-refractivity contribution in [3.05, 3.63) is 11.4 Å². The molecule has 1 saturated carbocycles. The number of aromatic nitrogens is 3. The first-order valence-electron chi connectivity index (χ1n) is 13.0. The minimum Gasteiger partial charge on any atom is -0.481 e. The first-order valence-corrected chi connectivity index (χ1v) is 13.0. The smallest absolute Gasteiger partial charge is 0.410 e. The third-order valence-corrected chi connectivity index (χ3v) is 8.06. The number of rotatable bonds is 8. The molecule has 14 heteroatoms. The van der Waals surface area contributed by atoms with Crippen LogP contribution in [0, 0.1) is 5.92 Å². The highest BCUT2D eigenvalue weighted by Gasteiger charge is 2.49. The molecule has 1 aromatic rings. The maximum absolute atomic E-state index is 14.5. The molecule has 2 saturated heterocycles. The van der Waals surface area contributed by atoms with Crippen LogP contribution in [0.2, 0.25) is 0 Å². The first-order chi connectivity index (χ1) is 17.8. The monoisotopic (exact) mass is 548 g/mol. The second kappa shape index (κ2) is 10.9. The maximum Gasteiger partial charge on any atom is 0.410 e. The highest BCUT2D eigenvalue weighted by molar-refractivity contribution is 5.68. The van der Waals surface area contributed by atoms with Crippen LogP contribution in [0.5, 0.6) is 0 Å². The number of hydrogen-bond donors (Lipinski definition) is 2. The van der Waals surface area contributed by atoms with Crippen molar-refractivity contribution in [3.8, 4) is 0 Å². The van der Waals surface area contributed by atoms with E-state index in [0.29, 0.717) is 37.2 Å². The molecule has 2 aliphatic heterocycles.